The summed E-state index contributed by atoms with van der Waals surface area (Å²) < 4.78 is 5.70. The van der Waals surface area contributed by atoms with E-state index in [-0.39, 0.29) is 0 Å². The van der Waals surface area contributed by atoms with Crippen molar-refractivity contribution in [3.05, 3.63) is 24.3 Å². The molecule has 0 aromatic heterocycles. The predicted octanol–water partition coefficient (Wildman–Crippen LogP) is 2.13. The summed E-state index contributed by atoms with van der Waals surface area (Å²) in [6.45, 7) is 4.32. The SMILES string of the molecule is Nc1ccccc1OCCN1CC2(CCC2)C1. The summed E-state index contributed by atoms with van der Waals surface area (Å²) in [5, 5.41) is 0. The molecule has 2 aliphatic rings. The largest absolute Gasteiger partial charge is 0.490 e. The molecule has 2 fully saturated rings. The summed E-state index contributed by atoms with van der Waals surface area (Å²) in [6.07, 6.45) is 4.32. The number of ether oxygens (including phenoxy) is 1. The molecule has 1 saturated heterocycles. The van der Waals surface area contributed by atoms with Crippen molar-refractivity contribution in [1.29, 1.82) is 0 Å². The molecule has 0 amide bonds. The monoisotopic (exact) mass is 232 g/mol. The van der Waals surface area contributed by atoms with Gasteiger partial charge in [0, 0.05) is 19.6 Å². The number of hydrogen-bond donors (Lipinski definition) is 1. The highest BCUT2D eigenvalue weighted by Gasteiger charge is 2.46. The molecule has 1 aromatic rings. The fourth-order valence-electron chi connectivity index (χ4n) is 2.95. The summed E-state index contributed by atoms with van der Waals surface area (Å²) in [5.41, 5.74) is 7.26. The number of benzene rings is 1. The molecule has 1 aliphatic carbocycles. The Labute approximate surface area is 103 Å². The Morgan fingerprint density at radius 3 is 2.65 bits per heavy atom. The van der Waals surface area contributed by atoms with Gasteiger partial charge in [-0.25, -0.2) is 0 Å². The van der Waals surface area contributed by atoms with Crippen LogP contribution < -0.4 is 10.5 Å². The Bertz CT molecular complexity index is 393. The van der Waals surface area contributed by atoms with E-state index < -0.39 is 0 Å². The van der Waals surface area contributed by atoms with Crippen LogP contribution in [0, 0.1) is 5.41 Å². The predicted molar refractivity (Wildman–Crippen MR) is 69.1 cm³/mol. The van der Waals surface area contributed by atoms with Crippen molar-refractivity contribution < 1.29 is 4.74 Å². The molecule has 1 aliphatic heterocycles. The molecule has 1 heterocycles. The summed E-state index contributed by atoms with van der Waals surface area (Å²) in [5.74, 6) is 0.811. The second-order valence-electron chi connectivity index (χ2n) is 5.45. The topological polar surface area (TPSA) is 38.5 Å². The van der Waals surface area contributed by atoms with Crippen LogP contribution >= 0.6 is 0 Å². The fourth-order valence-corrected chi connectivity index (χ4v) is 2.95. The van der Waals surface area contributed by atoms with Gasteiger partial charge < -0.3 is 10.5 Å². The van der Waals surface area contributed by atoms with Crippen LogP contribution in [-0.4, -0.2) is 31.1 Å². The standard InChI is InChI=1S/C14H20N2O/c15-12-4-1-2-5-13(12)17-9-8-16-10-14(11-16)6-3-7-14/h1-2,4-5H,3,6-11,15H2. The minimum atomic E-state index is 0.714. The van der Waals surface area contributed by atoms with E-state index in [1.807, 2.05) is 24.3 Å². The lowest BCUT2D eigenvalue weighted by Gasteiger charge is -2.56. The normalized spacial score (nSPS) is 21.9. The van der Waals surface area contributed by atoms with E-state index in [2.05, 4.69) is 4.90 Å². The van der Waals surface area contributed by atoms with Gasteiger partial charge in [0.25, 0.3) is 0 Å². The van der Waals surface area contributed by atoms with Crippen molar-refractivity contribution in [3.63, 3.8) is 0 Å². The summed E-state index contributed by atoms with van der Waals surface area (Å²) >= 11 is 0. The second-order valence-corrected chi connectivity index (χ2v) is 5.45. The Morgan fingerprint density at radius 1 is 1.24 bits per heavy atom. The molecule has 92 valence electrons. The Balaban J connectivity index is 1.40. The lowest BCUT2D eigenvalue weighted by Crippen LogP contribution is -2.60. The van der Waals surface area contributed by atoms with Gasteiger partial charge in [0.15, 0.2) is 0 Å². The van der Waals surface area contributed by atoms with E-state index in [1.54, 1.807) is 0 Å². The van der Waals surface area contributed by atoms with Gasteiger partial charge in [-0.1, -0.05) is 18.6 Å². The number of likely N-dealkylation sites (tertiary alicyclic amines) is 1. The molecule has 2 N–H and O–H groups in total. The minimum absolute atomic E-state index is 0.714. The first-order valence-electron chi connectivity index (χ1n) is 6.47. The van der Waals surface area contributed by atoms with Gasteiger partial charge in [-0.2, -0.15) is 0 Å². The smallest absolute Gasteiger partial charge is 0.142 e. The molecule has 3 rings (SSSR count). The van der Waals surface area contributed by atoms with E-state index in [4.69, 9.17) is 10.5 Å². The zero-order chi connectivity index (χ0) is 11.7. The minimum Gasteiger partial charge on any atom is -0.490 e. The van der Waals surface area contributed by atoms with Crippen LogP contribution in [0.25, 0.3) is 0 Å². The van der Waals surface area contributed by atoms with Crippen LogP contribution in [0.1, 0.15) is 19.3 Å². The van der Waals surface area contributed by atoms with Gasteiger partial charge in [0.05, 0.1) is 5.69 Å². The van der Waals surface area contributed by atoms with Crippen LogP contribution in [0.5, 0.6) is 5.75 Å². The maximum absolute atomic E-state index is 5.82. The van der Waals surface area contributed by atoms with Crippen molar-refractivity contribution in [2.24, 2.45) is 5.41 Å². The first-order valence-corrected chi connectivity index (χ1v) is 6.47. The Morgan fingerprint density at radius 2 is 2.00 bits per heavy atom. The molecular weight excluding hydrogens is 212 g/mol. The van der Waals surface area contributed by atoms with Crippen molar-refractivity contribution in [1.82, 2.24) is 4.90 Å². The molecule has 0 atom stereocenters. The van der Waals surface area contributed by atoms with Crippen LogP contribution in [-0.2, 0) is 0 Å². The first kappa shape index (κ1) is 10.9. The number of rotatable bonds is 4. The van der Waals surface area contributed by atoms with Crippen LogP contribution in [0.3, 0.4) is 0 Å². The van der Waals surface area contributed by atoms with Gasteiger partial charge in [-0.05, 0) is 30.4 Å². The van der Waals surface area contributed by atoms with Crippen molar-refractivity contribution in [2.45, 2.75) is 19.3 Å². The Hall–Kier alpha value is -1.22. The summed E-state index contributed by atoms with van der Waals surface area (Å²) in [6, 6.07) is 7.69. The maximum Gasteiger partial charge on any atom is 0.142 e. The van der Waals surface area contributed by atoms with Crippen LogP contribution in [0.15, 0.2) is 24.3 Å². The molecule has 17 heavy (non-hydrogen) atoms. The molecular formula is C14H20N2O. The third kappa shape index (κ3) is 2.12. The number of nitrogens with two attached hydrogens (primary N) is 1. The summed E-state index contributed by atoms with van der Waals surface area (Å²) in [7, 11) is 0. The third-order valence-electron chi connectivity index (χ3n) is 4.12. The van der Waals surface area contributed by atoms with E-state index >= 15 is 0 Å². The third-order valence-corrected chi connectivity index (χ3v) is 4.12. The van der Waals surface area contributed by atoms with Crippen molar-refractivity contribution in [2.75, 3.05) is 32.0 Å². The molecule has 0 bridgehead atoms. The second kappa shape index (κ2) is 4.22. The molecule has 0 unspecified atom stereocenters. The van der Waals surface area contributed by atoms with Gasteiger partial charge >= 0.3 is 0 Å². The number of nitrogen functional groups attached to an aromatic ring is 1. The van der Waals surface area contributed by atoms with Gasteiger partial charge in [-0.15, -0.1) is 0 Å². The van der Waals surface area contributed by atoms with Gasteiger partial charge in [0.1, 0.15) is 12.4 Å². The maximum atomic E-state index is 5.82. The van der Waals surface area contributed by atoms with Gasteiger partial charge in [-0.3, -0.25) is 4.90 Å². The quantitative estimate of drug-likeness (QED) is 0.808. The molecule has 1 saturated carbocycles. The van der Waals surface area contributed by atoms with Crippen LogP contribution in [0.4, 0.5) is 5.69 Å². The number of hydrogen-bond acceptors (Lipinski definition) is 3. The van der Waals surface area contributed by atoms with Crippen molar-refractivity contribution in [3.8, 4) is 5.75 Å². The molecule has 3 nitrogen and oxygen atoms in total. The molecule has 0 radical (unpaired) electrons. The highest BCUT2D eigenvalue weighted by molar-refractivity contribution is 5.51. The average Bonchev–Trinajstić information content (AvgIpc) is 2.21. The highest BCUT2D eigenvalue weighted by Crippen LogP contribution is 2.47. The lowest BCUT2D eigenvalue weighted by atomic mass is 9.63. The number of anilines is 1. The lowest BCUT2D eigenvalue weighted by molar-refractivity contribution is -0.0635. The van der Waals surface area contributed by atoms with E-state index in [0.717, 1.165) is 24.6 Å². The average molecular weight is 232 g/mol. The summed E-state index contributed by atoms with van der Waals surface area (Å²) in [4.78, 5) is 2.48. The molecule has 1 spiro atoms. The zero-order valence-corrected chi connectivity index (χ0v) is 10.2. The number of nitrogens with zero attached hydrogens (tertiary/aromatic N) is 1. The van der Waals surface area contributed by atoms with Crippen LogP contribution in [0.2, 0.25) is 0 Å². The first-order chi connectivity index (χ1) is 8.27. The van der Waals surface area contributed by atoms with E-state index in [9.17, 15) is 0 Å². The highest BCUT2D eigenvalue weighted by atomic mass is 16.5. The van der Waals surface area contributed by atoms with Gasteiger partial charge in [0.2, 0.25) is 0 Å². The van der Waals surface area contributed by atoms with E-state index in [1.165, 1.54) is 32.4 Å². The molecule has 3 heteroatoms. The zero-order valence-electron chi connectivity index (χ0n) is 10.2. The fraction of sp³-hybridized carbons (Fsp3) is 0.571. The number of para-hydroxylation sites is 2. The van der Waals surface area contributed by atoms with Crippen molar-refractivity contribution >= 4 is 5.69 Å². The Kier molecular flexibility index (Phi) is 2.71. The molecule has 1 aromatic carbocycles. The van der Waals surface area contributed by atoms with E-state index in [0.29, 0.717) is 5.41 Å².